The van der Waals surface area contributed by atoms with E-state index in [4.69, 9.17) is 4.74 Å². The third-order valence-corrected chi connectivity index (χ3v) is 4.46. The maximum Gasteiger partial charge on any atom is 0.335 e. The van der Waals surface area contributed by atoms with E-state index >= 15 is 0 Å². The van der Waals surface area contributed by atoms with E-state index in [1.807, 2.05) is 18.2 Å². The van der Waals surface area contributed by atoms with Gasteiger partial charge in [-0.3, -0.25) is 0 Å². The zero-order chi connectivity index (χ0) is 18.6. The van der Waals surface area contributed by atoms with Gasteiger partial charge in [-0.05, 0) is 56.9 Å². The summed E-state index contributed by atoms with van der Waals surface area (Å²) < 4.78 is 5.17. The molecule has 2 nitrogen and oxygen atoms in total. The number of esters is 1. The highest BCUT2D eigenvalue weighted by Crippen LogP contribution is 2.23. The lowest BCUT2D eigenvalue weighted by molar-refractivity contribution is -0.128. The quantitative estimate of drug-likeness (QED) is 0.188. The summed E-state index contributed by atoms with van der Waals surface area (Å²) in [4.78, 5) is 11.3. The van der Waals surface area contributed by atoms with Gasteiger partial charge in [-0.15, -0.1) is 0 Å². The van der Waals surface area contributed by atoms with Crippen molar-refractivity contribution in [2.45, 2.75) is 0 Å². The van der Waals surface area contributed by atoms with Gasteiger partial charge in [-0.1, -0.05) is 73.3 Å². The van der Waals surface area contributed by atoms with Gasteiger partial charge in [0, 0.05) is 6.08 Å². The Morgan fingerprint density at radius 2 is 1.26 bits per heavy atom. The van der Waals surface area contributed by atoms with E-state index in [0.29, 0.717) is 5.75 Å². The summed E-state index contributed by atoms with van der Waals surface area (Å²) in [5, 5.41) is 4.59. The third-order valence-electron chi connectivity index (χ3n) is 4.46. The zero-order valence-corrected chi connectivity index (χ0v) is 14.8. The second-order valence-electron chi connectivity index (χ2n) is 6.33. The Morgan fingerprint density at radius 3 is 1.96 bits per heavy atom. The molecule has 0 aliphatic rings. The van der Waals surface area contributed by atoms with Gasteiger partial charge in [0.05, 0.1) is 0 Å². The van der Waals surface area contributed by atoms with E-state index in [-0.39, 0.29) is 0 Å². The van der Waals surface area contributed by atoms with Crippen molar-refractivity contribution in [3.05, 3.63) is 103 Å². The summed E-state index contributed by atoms with van der Waals surface area (Å²) in [5.41, 5.74) is 2.28. The first-order valence-electron chi connectivity index (χ1n) is 8.76. The number of ether oxygens (including phenoxy) is 1. The molecule has 0 bridgehead atoms. The average Bonchev–Trinajstić information content (AvgIpc) is 2.72. The Hall–Kier alpha value is -3.65. The zero-order valence-electron chi connectivity index (χ0n) is 14.8. The monoisotopic (exact) mass is 350 g/mol. The molecule has 0 saturated heterocycles. The van der Waals surface area contributed by atoms with Gasteiger partial charge in [-0.2, -0.15) is 0 Å². The summed E-state index contributed by atoms with van der Waals surface area (Å²) >= 11 is 0. The molecule has 4 rings (SSSR count). The molecule has 0 heterocycles. The van der Waals surface area contributed by atoms with Crippen molar-refractivity contribution in [3.8, 4) is 5.75 Å². The fraction of sp³-hybridized carbons (Fsp3) is 0. The number of rotatable bonds is 4. The first-order valence-corrected chi connectivity index (χ1v) is 8.76. The number of benzene rings is 4. The van der Waals surface area contributed by atoms with Crippen molar-refractivity contribution in [3.63, 3.8) is 0 Å². The molecular formula is C25H18O2. The summed E-state index contributed by atoms with van der Waals surface area (Å²) in [7, 11) is 0. The fourth-order valence-electron chi connectivity index (χ4n) is 3.07. The molecule has 0 aliphatic carbocycles. The number of carbonyl (C=O) groups excluding carboxylic acids is 1. The Balaban J connectivity index is 1.59. The van der Waals surface area contributed by atoms with Crippen LogP contribution in [0, 0.1) is 0 Å². The van der Waals surface area contributed by atoms with E-state index in [0.717, 1.165) is 22.4 Å². The van der Waals surface area contributed by atoms with E-state index in [1.54, 1.807) is 6.07 Å². The second kappa shape index (κ2) is 7.30. The van der Waals surface area contributed by atoms with Crippen LogP contribution < -0.4 is 4.74 Å². The van der Waals surface area contributed by atoms with E-state index in [1.165, 1.54) is 16.3 Å². The highest BCUT2D eigenvalue weighted by atomic mass is 16.5. The second-order valence-corrected chi connectivity index (χ2v) is 6.33. The van der Waals surface area contributed by atoms with Gasteiger partial charge in [-0.25, -0.2) is 4.79 Å². The summed E-state index contributed by atoms with van der Waals surface area (Å²) in [5.74, 6) is 0.0659. The normalized spacial score (nSPS) is 11.1. The van der Waals surface area contributed by atoms with Crippen LogP contribution in [0.2, 0.25) is 0 Å². The smallest absolute Gasteiger partial charge is 0.335 e. The van der Waals surface area contributed by atoms with Crippen molar-refractivity contribution >= 4 is 39.7 Å². The summed E-state index contributed by atoms with van der Waals surface area (Å²) in [6, 6.07) is 26.6. The van der Waals surface area contributed by atoms with Gasteiger partial charge >= 0.3 is 5.97 Å². The Labute approximate surface area is 158 Å². The lowest BCUT2D eigenvalue weighted by atomic mass is 10.0. The molecule has 0 spiro atoms. The predicted octanol–water partition coefficient (Wildman–Crippen LogP) is 6.25. The van der Waals surface area contributed by atoms with Crippen molar-refractivity contribution in [2.75, 3.05) is 0 Å². The van der Waals surface area contributed by atoms with Crippen LogP contribution in [0.4, 0.5) is 0 Å². The van der Waals surface area contributed by atoms with Crippen LogP contribution >= 0.6 is 0 Å². The number of hydrogen-bond acceptors (Lipinski definition) is 2. The third kappa shape index (κ3) is 3.80. The Morgan fingerprint density at radius 1 is 0.704 bits per heavy atom. The molecule has 0 aliphatic heterocycles. The first-order chi connectivity index (χ1) is 13.2. The molecule has 0 amide bonds. The van der Waals surface area contributed by atoms with Crippen LogP contribution in [0.25, 0.3) is 33.7 Å². The number of hydrogen-bond donors (Lipinski definition) is 0. The molecule has 0 fully saturated rings. The standard InChI is InChI=1S/C25H18O2/c1-2-25(26)27-24-14-13-22-16-19(10-12-23(22)17-24)8-7-18-9-11-20-5-3-4-6-21(20)15-18/h2-17H,1H2. The van der Waals surface area contributed by atoms with Gasteiger partial charge in [0.1, 0.15) is 5.75 Å². The molecule has 0 atom stereocenters. The van der Waals surface area contributed by atoms with Crippen LogP contribution in [0.1, 0.15) is 11.1 Å². The van der Waals surface area contributed by atoms with Crippen LogP contribution in [0.15, 0.2) is 91.5 Å². The molecule has 27 heavy (non-hydrogen) atoms. The lowest BCUT2D eigenvalue weighted by Crippen LogP contribution is -2.02. The van der Waals surface area contributed by atoms with Crippen LogP contribution in [-0.4, -0.2) is 5.97 Å². The van der Waals surface area contributed by atoms with Crippen LogP contribution in [0.3, 0.4) is 0 Å². The molecule has 2 heteroatoms. The highest BCUT2D eigenvalue weighted by molar-refractivity contribution is 5.90. The minimum atomic E-state index is -0.454. The molecule has 0 radical (unpaired) electrons. The van der Waals surface area contributed by atoms with Gasteiger partial charge < -0.3 is 4.74 Å². The van der Waals surface area contributed by atoms with Crippen LogP contribution in [0.5, 0.6) is 5.75 Å². The average molecular weight is 350 g/mol. The van der Waals surface area contributed by atoms with Gasteiger partial charge in [0.25, 0.3) is 0 Å². The minimum absolute atomic E-state index is 0.454. The molecule has 0 N–H and O–H groups in total. The van der Waals surface area contributed by atoms with Crippen molar-refractivity contribution in [1.82, 2.24) is 0 Å². The number of fused-ring (bicyclic) bond motifs is 2. The van der Waals surface area contributed by atoms with Crippen molar-refractivity contribution < 1.29 is 9.53 Å². The van der Waals surface area contributed by atoms with Crippen molar-refractivity contribution in [1.29, 1.82) is 0 Å². The van der Waals surface area contributed by atoms with E-state index in [9.17, 15) is 4.79 Å². The first kappa shape index (κ1) is 16.8. The number of carbonyl (C=O) groups is 1. The maximum absolute atomic E-state index is 11.3. The largest absolute Gasteiger partial charge is 0.423 e. The van der Waals surface area contributed by atoms with E-state index in [2.05, 4.69) is 73.3 Å². The van der Waals surface area contributed by atoms with Crippen molar-refractivity contribution in [2.24, 2.45) is 0 Å². The molecule has 0 unspecified atom stereocenters. The molecule has 0 aromatic heterocycles. The molecule has 4 aromatic carbocycles. The van der Waals surface area contributed by atoms with E-state index < -0.39 is 5.97 Å². The summed E-state index contributed by atoms with van der Waals surface area (Å²) in [6.07, 6.45) is 5.38. The molecule has 4 aromatic rings. The predicted molar refractivity (Wildman–Crippen MR) is 113 cm³/mol. The van der Waals surface area contributed by atoms with Crippen LogP contribution in [-0.2, 0) is 4.79 Å². The molecule has 0 saturated carbocycles. The summed E-state index contributed by atoms with van der Waals surface area (Å²) in [6.45, 7) is 3.41. The molecule has 130 valence electrons. The maximum atomic E-state index is 11.3. The lowest BCUT2D eigenvalue weighted by Gasteiger charge is -2.04. The Kier molecular flexibility index (Phi) is 4.54. The van der Waals surface area contributed by atoms with Gasteiger partial charge in [0.15, 0.2) is 0 Å². The fourth-order valence-corrected chi connectivity index (χ4v) is 3.07. The molecular weight excluding hydrogens is 332 g/mol. The van der Waals surface area contributed by atoms with Gasteiger partial charge in [0.2, 0.25) is 0 Å². The SMILES string of the molecule is C=CC(=O)Oc1ccc2cc(C=Cc3ccc4ccccc4c3)ccc2c1. The minimum Gasteiger partial charge on any atom is -0.423 e. The Bertz CT molecular complexity index is 1190. The highest BCUT2D eigenvalue weighted by Gasteiger charge is 2.02. The topological polar surface area (TPSA) is 26.3 Å².